The summed E-state index contributed by atoms with van der Waals surface area (Å²) in [6.45, 7) is 2.08. The van der Waals surface area contributed by atoms with E-state index in [4.69, 9.17) is 0 Å². The maximum absolute atomic E-state index is 11.1. The molecule has 0 aliphatic carbocycles. The Morgan fingerprint density at radius 3 is 2.54 bits per heavy atom. The van der Waals surface area contributed by atoms with Crippen molar-refractivity contribution in [3.05, 3.63) is 35.9 Å². The van der Waals surface area contributed by atoms with E-state index >= 15 is 0 Å². The smallest absolute Gasteiger partial charge is 0.220 e. The van der Waals surface area contributed by atoms with Crippen molar-refractivity contribution in [3.8, 4) is 0 Å². The van der Waals surface area contributed by atoms with Gasteiger partial charge >= 0.3 is 0 Å². The minimum absolute atomic E-state index is 0.141. The van der Waals surface area contributed by atoms with Crippen LogP contribution in [0.15, 0.2) is 30.3 Å². The van der Waals surface area contributed by atoms with Gasteiger partial charge in [0.15, 0.2) is 0 Å². The molecule has 2 rings (SSSR count). The molecule has 1 saturated heterocycles. The van der Waals surface area contributed by atoms with E-state index in [9.17, 15) is 4.79 Å². The number of nitrogens with one attached hydrogen (secondary N) is 1. The molecule has 0 saturated carbocycles. The van der Waals surface area contributed by atoms with Crippen LogP contribution in [0, 0.1) is 0 Å². The minimum Gasteiger partial charge on any atom is -0.347 e. The Kier molecular flexibility index (Phi) is 1.83. The first-order valence-electron chi connectivity index (χ1n) is 4.57. The summed E-state index contributed by atoms with van der Waals surface area (Å²) in [6.07, 6.45) is 1.54. The highest BCUT2D eigenvalue weighted by molar-refractivity contribution is 5.79. The Balaban J connectivity index is 2.31. The van der Waals surface area contributed by atoms with Crippen LogP contribution >= 0.6 is 0 Å². The van der Waals surface area contributed by atoms with Gasteiger partial charge in [0.2, 0.25) is 5.91 Å². The van der Waals surface area contributed by atoms with Crippen molar-refractivity contribution in [2.24, 2.45) is 0 Å². The third-order valence-electron chi connectivity index (χ3n) is 2.68. The first-order valence-corrected chi connectivity index (χ1v) is 4.57. The predicted octanol–water partition coefficient (Wildman–Crippen LogP) is 1.81. The zero-order valence-electron chi connectivity index (χ0n) is 7.71. The summed E-state index contributed by atoms with van der Waals surface area (Å²) in [5, 5.41) is 3.01. The van der Waals surface area contributed by atoms with Gasteiger partial charge in [-0.3, -0.25) is 4.79 Å². The van der Waals surface area contributed by atoms with E-state index in [0.29, 0.717) is 6.42 Å². The van der Waals surface area contributed by atoms with Crippen molar-refractivity contribution in [2.45, 2.75) is 25.3 Å². The molecule has 0 aromatic heterocycles. The second kappa shape index (κ2) is 2.87. The fraction of sp³-hybridized carbons (Fsp3) is 0.364. The molecule has 1 N–H and O–H groups in total. The van der Waals surface area contributed by atoms with E-state index in [1.54, 1.807) is 0 Å². The lowest BCUT2D eigenvalue weighted by atomic mass is 9.91. The van der Waals surface area contributed by atoms with Crippen molar-refractivity contribution in [1.29, 1.82) is 0 Å². The molecule has 0 spiro atoms. The fourth-order valence-corrected chi connectivity index (χ4v) is 1.82. The summed E-state index contributed by atoms with van der Waals surface area (Å²) in [5.41, 5.74) is 1.05. The molecule has 1 amide bonds. The molecular formula is C11H13NO. The first kappa shape index (κ1) is 8.30. The standard InChI is InChI=1S/C11H13NO/c1-11(8-7-10(13)12-11)9-5-3-2-4-6-9/h2-6H,7-8H2,1H3,(H,12,13)/t11-/m1/s1. The van der Waals surface area contributed by atoms with Crippen LogP contribution in [0.5, 0.6) is 0 Å². The number of amides is 1. The Labute approximate surface area is 78.0 Å². The van der Waals surface area contributed by atoms with E-state index in [1.807, 2.05) is 18.2 Å². The lowest BCUT2D eigenvalue weighted by molar-refractivity contribution is -0.119. The van der Waals surface area contributed by atoms with E-state index in [0.717, 1.165) is 6.42 Å². The summed E-state index contributed by atoms with van der Waals surface area (Å²) in [6, 6.07) is 10.1. The van der Waals surface area contributed by atoms with Gasteiger partial charge in [0.1, 0.15) is 0 Å². The van der Waals surface area contributed by atoms with Gasteiger partial charge < -0.3 is 5.32 Å². The van der Waals surface area contributed by atoms with Gasteiger partial charge in [0.25, 0.3) is 0 Å². The molecule has 1 aliphatic heterocycles. The number of hydrogen-bond donors (Lipinski definition) is 1. The summed E-state index contributed by atoms with van der Waals surface area (Å²) in [4.78, 5) is 11.1. The molecule has 1 heterocycles. The van der Waals surface area contributed by atoms with E-state index < -0.39 is 0 Å². The van der Waals surface area contributed by atoms with Crippen LogP contribution in [0.3, 0.4) is 0 Å². The van der Waals surface area contributed by atoms with Crippen LogP contribution in [-0.4, -0.2) is 5.91 Å². The second-order valence-electron chi connectivity index (χ2n) is 3.75. The Morgan fingerprint density at radius 2 is 2.00 bits per heavy atom. The van der Waals surface area contributed by atoms with Crippen LogP contribution in [0.1, 0.15) is 25.3 Å². The minimum atomic E-state index is -0.141. The van der Waals surface area contributed by atoms with Gasteiger partial charge in [0, 0.05) is 6.42 Å². The summed E-state index contributed by atoms with van der Waals surface area (Å²) in [7, 11) is 0. The molecule has 13 heavy (non-hydrogen) atoms. The van der Waals surface area contributed by atoms with Gasteiger partial charge in [0.05, 0.1) is 5.54 Å². The van der Waals surface area contributed by atoms with Crippen molar-refractivity contribution in [2.75, 3.05) is 0 Å². The van der Waals surface area contributed by atoms with Crippen LogP contribution in [0.25, 0.3) is 0 Å². The van der Waals surface area contributed by atoms with Gasteiger partial charge in [-0.05, 0) is 18.9 Å². The molecular weight excluding hydrogens is 162 g/mol. The quantitative estimate of drug-likeness (QED) is 0.693. The molecule has 1 aromatic carbocycles. The first-order chi connectivity index (χ1) is 6.21. The zero-order valence-corrected chi connectivity index (χ0v) is 7.71. The number of hydrogen-bond acceptors (Lipinski definition) is 1. The summed E-state index contributed by atoms with van der Waals surface area (Å²) >= 11 is 0. The predicted molar refractivity (Wildman–Crippen MR) is 51.2 cm³/mol. The monoisotopic (exact) mass is 175 g/mol. The van der Waals surface area contributed by atoms with Crippen molar-refractivity contribution >= 4 is 5.91 Å². The fourth-order valence-electron chi connectivity index (χ4n) is 1.82. The maximum atomic E-state index is 11.1. The van der Waals surface area contributed by atoms with Crippen LogP contribution in [-0.2, 0) is 10.3 Å². The van der Waals surface area contributed by atoms with Crippen LogP contribution in [0.4, 0.5) is 0 Å². The van der Waals surface area contributed by atoms with E-state index in [1.165, 1.54) is 5.56 Å². The second-order valence-corrected chi connectivity index (χ2v) is 3.75. The summed E-state index contributed by atoms with van der Waals surface area (Å²) in [5.74, 6) is 0.159. The normalized spacial score (nSPS) is 27.3. The lowest BCUT2D eigenvalue weighted by Gasteiger charge is -2.24. The Bertz CT molecular complexity index is 320. The lowest BCUT2D eigenvalue weighted by Crippen LogP contribution is -2.35. The van der Waals surface area contributed by atoms with Gasteiger partial charge in [-0.1, -0.05) is 30.3 Å². The average molecular weight is 175 g/mol. The Hall–Kier alpha value is -1.31. The van der Waals surface area contributed by atoms with Crippen molar-refractivity contribution in [3.63, 3.8) is 0 Å². The third-order valence-corrected chi connectivity index (χ3v) is 2.68. The molecule has 1 atom stereocenters. The molecule has 68 valence electrons. The highest BCUT2D eigenvalue weighted by Gasteiger charge is 2.34. The topological polar surface area (TPSA) is 29.1 Å². The molecule has 1 fully saturated rings. The van der Waals surface area contributed by atoms with E-state index in [2.05, 4.69) is 24.4 Å². The molecule has 1 aliphatic rings. The summed E-state index contributed by atoms with van der Waals surface area (Å²) < 4.78 is 0. The van der Waals surface area contributed by atoms with Crippen molar-refractivity contribution in [1.82, 2.24) is 5.32 Å². The maximum Gasteiger partial charge on any atom is 0.220 e. The molecule has 0 unspecified atom stereocenters. The van der Waals surface area contributed by atoms with Crippen LogP contribution in [0.2, 0.25) is 0 Å². The van der Waals surface area contributed by atoms with Crippen molar-refractivity contribution < 1.29 is 4.79 Å². The molecule has 2 heteroatoms. The highest BCUT2D eigenvalue weighted by Crippen LogP contribution is 2.30. The van der Waals surface area contributed by atoms with Crippen LogP contribution < -0.4 is 5.32 Å². The van der Waals surface area contributed by atoms with Gasteiger partial charge in [-0.25, -0.2) is 0 Å². The zero-order chi connectivity index (χ0) is 9.31. The van der Waals surface area contributed by atoms with E-state index in [-0.39, 0.29) is 11.4 Å². The SMILES string of the molecule is C[C@]1(c2ccccc2)CCC(=O)N1. The molecule has 1 aromatic rings. The third kappa shape index (κ3) is 1.44. The number of rotatable bonds is 1. The van der Waals surface area contributed by atoms with Gasteiger partial charge in [-0.2, -0.15) is 0 Å². The molecule has 0 bridgehead atoms. The molecule has 2 nitrogen and oxygen atoms in total. The van der Waals surface area contributed by atoms with Gasteiger partial charge in [-0.15, -0.1) is 0 Å². The highest BCUT2D eigenvalue weighted by atomic mass is 16.2. The largest absolute Gasteiger partial charge is 0.347 e. The molecule has 0 radical (unpaired) electrons. The number of benzene rings is 1. The Morgan fingerprint density at radius 1 is 1.31 bits per heavy atom. The number of carbonyl (C=O) groups is 1. The number of carbonyl (C=O) groups excluding carboxylic acids is 1. The average Bonchev–Trinajstić information content (AvgIpc) is 2.49.